The van der Waals surface area contributed by atoms with E-state index in [1.165, 1.54) is 6.07 Å². The van der Waals surface area contributed by atoms with Gasteiger partial charge in [-0.15, -0.1) is 0 Å². The molecule has 1 saturated heterocycles. The molecule has 0 spiro atoms. The number of halogens is 1. The highest BCUT2D eigenvalue weighted by Crippen LogP contribution is 2.38. The fourth-order valence-corrected chi connectivity index (χ4v) is 2.57. The second kappa shape index (κ2) is 5.26. The number of urea groups is 1. The van der Waals surface area contributed by atoms with E-state index < -0.39 is 35.1 Å². The number of carbonyl (C=O) groups is 2. The largest absolute Gasteiger partial charge is 0.443 e. The molecule has 1 atom stereocenters. The maximum absolute atomic E-state index is 14.2. The van der Waals surface area contributed by atoms with Gasteiger partial charge in [-0.05, 0) is 40.7 Å². The molecule has 3 amide bonds. The van der Waals surface area contributed by atoms with Crippen LogP contribution in [0.25, 0.3) is 0 Å². The van der Waals surface area contributed by atoms with Crippen molar-refractivity contribution >= 4 is 12.1 Å². The van der Waals surface area contributed by atoms with E-state index in [2.05, 4.69) is 5.32 Å². The smallest absolute Gasteiger partial charge is 0.419 e. The van der Waals surface area contributed by atoms with Crippen LogP contribution in [0, 0.1) is 5.82 Å². The van der Waals surface area contributed by atoms with Crippen molar-refractivity contribution in [1.29, 1.82) is 0 Å². The molecule has 1 aliphatic heterocycles. The summed E-state index contributed by atoms with van der Waals surface area (Å²) in [6, 6.07) is 4.74. The second-order valence-electron chi connectivity index (χ2n) is 6.93. The molecule has 1 aromatic rings. The number of hydrogen-bond donors (Lipinski definition) is 1. The maximum Gasteiger partial charge on any atom is 0.419 e. The molecule has 1 N–H and O–H groups in total. The Kier molecular flexibility index (Phi) is 3.89. The molecule has 6 heteroatoms. The molecular weight excluding hydrogens is 287 g/mol. The van der Waals surface area contributed by atoms with Gasteiger partial charge in [0, 0.05) is 5.56 Å². The minimum absolute atomic E-state index is 0.275. The van der Waals surface area contributed by atoms with Crippen molar-refractivity contribution in [3.63, 3.8) is 0 Å². The Morgan fingerprint density at radius 3 is 2.45 bits per heavy atom. The Hall–Kier alpha value is -2.11. The minimum atomic E-state index is -0.809. The molecule has 0 aliphatic carbocycles. The van der Waals surface area contributed by atoms with Crippen LogP contribution in [-0.4, -0.2) is 28.2 Å². The van der Waals surface area contributed by atoms with Crippen LogP contribution in [0.3, 0.4) is 0 Å². The molecule has 0 saturated carbocycles. The number of ether oxygens (including phenoxy) is 1. The lowest BCUT2D eigenvalue weighted by atomic mass is 9.89. The van der Waals surface area contributed by atoms with Gasteiger partial charge >= 0.3 is 12.1 Å². The number of nitrogens with zero attached hydrogens (tertiary/aromatic N) is 1. The van der Waals surface area contributed by atoms with Crippen molar-refractivity contribution in [2.45, 2.75) is 51.8 Å². The van der Waals surface area contributed by atoms with E-state index in [0.29, 0.717) is 0 Å². The molecule has 22 heavy (non-hydrogen) atoms. The Balaban J connectivity index is 2.45. The van der Waals surface area contributed by atoms with E-state index >= 15 is 0 Å². The highest BCUT2D eigenvalue weighted by molar-refractivity contribution is 5.94. The number of rotatable bonds is 1. The molecule has 0 bridgehead atoms. The van der Waals surface area contributed by atoms with Gasteiger partial charge in [0.1, 0.15) is 11.4 Å². The van der Waals surface area contributed by atoms with E-state index in [1.807, 2.05) is 0 Å². The molecule has 1 unspecified atom stereocenters. The molecular formula is C16H21FN2O3. The number of nitrogens with one attached hydrogen (secondary N) is 1. The normalized spacial score (nSPS) is 20.7. The molecule has 1 aliphatic rings. The number of amides is 3. The Labute approximate surface area is 129 Å². The zero-order chi connectivity index (χ0) is 16.7. The van der Waals surface area contributed by atoms with Crippen molar-refractivity contribution in [1.82, 2.24) is 10.2 Å². The molecule has 1 aromatic carbocycles. The summed E-state index contributed by atoms with van der Waals surface area (Å²) < 4.78 is 19.4. The molecule has 2 rings (SSSR count). The summed E-state index contributed by atoms with van der Waals surface area (Å²) in [6.07, 6.45) is -0.788. The zero-order valence-corrected chi connectivity index (χ0v) is 13.4. The van der Waals surface area contributed by atoms with E-state index in [4.69, 9.17) is 4.74 Å². The highest BCUT2D eigenvalue weighted by Gasteiger charge is 2.51. The van der Waals surface area contributed by atoms with Gasteiger partial charge in [-0.3, -0.25) is 0 Å². The topological polar surface area (TPSA) is 58.6 Å². The number of carbonyl (C=O) groups excluding carboxylic acids is 2. The van der Waals surface area contributed by atoms with Crippen LogP contribution in [-0.2, 0) is 4.74 Å². The molecule has 120 valence electrons. The molecule has 5 nitrogen and oxygen atoms in total. The fraction of sp³-hybridized carbons (Fsp3) is 0.500. The first-order valence-electron chi connectivity index (χ1n) is 7.12. The van der Waals surface area contributed by atoms with Crippen molar-refractivity contribution < 1.29 is 18.7 Å². The third-order valence-electron chi connectivity index (χ3n) is 3.38. The first-order chi connectivity index (χ1) is 10.0. The zero-order valence-electron chi connectivity index (χ0n) is 13.4. The van der Waals surface area contributed by atoms with Gasteiger partial charge in [0.05, 0.1) is 11.6 Å². The van der Waals surface area contributed by atoms with Gasteiger partial charge in [-0.1, -0.05) is 18.2 Å². The number of imide groups is 1. The fourth-order valence-electron chi connectivity index (χ4n) is 2.57. The van der Waals surface area contributed by atoms with Crippen LogP contribution in [0.5, 0.6) is 0 Å². The third kappa shape index (κ3) is 3.05. The van der Waals surface area contributed by atoms with Crippen molar-refractivity contribution in [3.8, 4) is 0 Å². The van der Waals surface area contributed by atoms with Crippen molar-refractivity contribution in [3.05, 3.63) is 35.6 Å². The third-order valence-corrected chi connectivity index (χ3v) is 3.38. The van der Waals surface area contributed by atoms with Crippen LogP contribution in [0.4, 0.5) is 14.0 Å². The van der Waals surface area contributed by atoms with Crippen LogP contribution < -0.4 is 5.32 Å². The quantitative estimate of drug-likeness (QED) is 0.862. The average Bonchev–Trinajstić information content (AvgIpc) is 2.57. The van der Waals surface area contributed by atoms with Gasteiger partial charge in [-0.25, -0.2) is 18.9 Å². The van der Waals surface area contributed by atoms with Gasteiger partial charge in [0.15, 0.2) is 0 Å². The minimum Gasteiger partial charge on any atom is -0.443 e. The molecule has 1 fully saturated rings. The highest BCUT2D eigenvalue weighted by atomic mass is 19.1. The van der Waals surface area contributed by atoms with E-state index in [0.717, 1.165) is 4.90 Å². The van der Waals surface area contributed by atoms with E-state index in [9.17, 15) is 14.0 Å². The summed E-state index contributed by atoms with van der Waals surface area (Å²) in [5.41, 5.74) is -1.28. The van der Waals surface area contributed by atoms with Gasteiger partial charge in [0.25, 0.3) is 0 Å². The van der Waals surface area contributed by atoms with E-state index in [-0.39, 0.29) is 5.56 Å². The average molecular weight is 308 g/mol. The molecule has 0 radical (unpaired) electrons. The Morgan fingerprint density at radius 2 is 1.91 bits per heavy atom. The summed E-state index contributed by atoms with van der Waals surface area (Å²) in [7, 11) is 0. The van der Waals surface area contributed by atoms with Crippen molar-refractivity contribution in [2.75, 3.05) is 0 Å². The van der Waals surface area contributed by atoms with Gasteiger partial charge < -0.3 is 10.1 Å². The monoisotopic (exact) mass is 308 g/mol. The second-order valence-corrected chi connectivity index (χ2v) is 6.93. The first kappa shape index (κ1) is 16.3. The van der Waals surface area contributed by atoms with Gasteiger partial charge in [0.2, 0.25) is 0 Å². The predicted molar refractivity (Wildman–Crippen MR) is 79.8 cm³/mol. The summed E-state index contributed by atoms with van der Waals surface area (Å²) in [5, 5.41) is 2.71. The summed E-state index contributed by atoms with van der Waals surface area (Å²) in [4.78, 5) is 25.5. The van der Waals surface area contributed by atoms with E-state index in [1.54, 1.807) is 52.8 Å². The first-order valence-corrected chi connectivity index (χ1v) is 7.12. The van der Waals surface area contributed by atoms with Crippen LogP contribution in [0.1, 0.15) is 46.2 Å². The standard InChI is InChI=1S/C16H21FN2O3/c1-15(2,3)22-14(21)19-12(16(4,5)18-13(19)20)10-8-6-7-9-11(10)17/h6-9,12H,1-5H3,(H,18,20). The summed E-state index contributed by atoms with van der Waals surface area (Å²) >= 11 is 0. The van der Waals surface area contributed by atoms with Crippen molar-refractivity contribution in [2.24, 2.45) is 0 Å². The summed E-state index contributed by atoms with van der Waals surface area (Å²) in [5.74, 6) is -0.467. The van der Waals surface area contributed by atoms with Crippen LogP contribution >= 0.6 is 0 Å². The lowest BCUT2D eigenvalue weighted by molar-refractivity contribution is 0.0266. The Morgan fingerprint density at radius 1 is 1.32 bits per heavy atom. The maximum atomic E-state index is 14.2. The molecule has 0 aromatic heterocycles. The van der Waals surface area contributed by atoms with Crippen LogP contribution in [0.2, 0.25) is 0 Å². The molecule has 1 heterocycles. The Bertz CT molecular complexity index is 608. The lowest BCUT2D eigenvalue weighted by Crippen LogP contribution is -2.41. The van der Waals surface area contributed by atoms with Gasteiger partial charge in [-0.2, -0.15) is 0 Å². The lowest BCUT2D eigenvalue weighted by Gasteiger charge is -2.31. The number of benzene rings is 1. The SMILES string of the molecule is CC(C)(C)OC(=O)N1C(=O)NC(C)(C)C1c1ccccc1F. The summed E-state index contributed by atoms with van der Waals surface area (Å²) in [6.45, 7) is 8.62. The van der Waals surface area contributed by atoms with Crippen LogP contribution in [0.15, 0.2) is 24.3 Å². The predicted octanol–water partition coefficient (Wildman–Crippen LogP) is 3.61. The number of hydrogen-bond acceptors (Lipinski definition) is 3.